The average Bonchev–Trinajstić information content (AvgIpc) is 2.81. The van der Waals surface area contributed by atoms with Gasteiger partial charge in [0, 0.05) is 12.7 Å². The minimum absolute atomic E-state index is 0.0842. The third-order valence-corrected chi connectivity index (χ3v) is 3.81. The summed E-state index contributed by atoms with van der Waals surface area (Å²) in [6, 6.07) is 2.83. The van der Waals surface area contributed by atoms with Crippen LogP contribution in [0.5, 0.6) is 0 Å². The smallest absolute Gasteiger partial charge is 0.337 e. The lowest BCUT2D eigenvalue weighted by atomic mass is 9.98. The van der Waals surface area contributed by atoms with Gasteiger partial charge in [-0.25, -0.2) is 4.79 Å². The lowest BCUT2D eigenvalue weighted by Crippen LogP contribution is -2.30. The topological polar surface area (TPSA) is 79.3 Å². The molecule has 0 aromatic carbocycles. The first kappa shape index (κ1) is 13.5. The summed E-state index contributed by atoms with van der Waals surface area (Å²) < 4.78 is 0. The van der Waals surface area contributed by atoms with Gasteiger partial charge in [0.1, 0.15) is 5.69 Å². The van der Waals surface area contributed by atoms with E-state index in [0.29, 0.717) is 18.4 Å². The van der Waals surface area contributed by atoms with Crippen LogP contribution in [0.4, 0.5) is 0 Å². The van der Waals surface area contributed by atoms with Crippen LogP contribution in [0.25, 0.3) is 0 Å². The summed E-state index contributed by atoms with van der Waals surface area (Å²) in [5.41, 5.74) is 0.344. The molecule has 0 saturated heterocycles. The summed E-state index contributed by atoms with van der Waals surface area (Å²) >= 11 is 0. The number of nitrogens with one attached hydrogen (secondary N) is 1. The summed E-state index contributed by atoms with van der Waals surface area (Å²) in [6.45, 7) is 2.88. The minimum atomic E-state index is -1.04. The number of carboxylic acids is 1. The number of nitrogens with zero attached hydrogens (tertiary/aromatic N) is 1. The summed E-state index contributed by atoms with van der Waals surface area (Å²) in [6.07, 6.45) is 4.82. The van der Waals surface area contributed by atoms with Crippen molar-refractivity contribution in [1.29, 1.82) is 0 Å². The zero-order chi connectivity index (χ0) is 13.8. The van der Waals surface area contributed by atoms with Crippen LogP contribution in [0.1, 0.15) is 47.0 Å². The lowest BCUT2D eigenvalue weighted by molar-refractivity contribution is 0.0695. The number of hydrogen-bond donors (Lipinski definition) is 2. The second kappa shape index (κ2) is 5.82. The van der Waals surface area contributed by atoms with Crippen molar-refractivity contribution in [3.05, 3.63) is 29.6 Å². The lowest BCUT2D eigenvalue weighted by Gasteiger charge is -2.15. The van der Waals surface area contributed by atoms with Crippen LogP contribution in [0.2, 0.25) is 0 Å². The monoisotopic (exact) mass is 262 g/mol. The van der Waals surface area contributed by atoms with Crippen LogP contribution >= 0.6 is 0 Å². The van der Waals surface area contributed by atoms with Crippen molar-refractivity contribution in [3.63, 3.8) is 0 Å². The van der Waals surface area contributed by atoms with E-state index in [1.165, 1.54) is 31.2 Å². The van der Waals surface area contributed by atoms with E-state index < -0.39 is 5.97 Å². The van der Waals surface area contributed by atoms with Crippen LogP contribution in [0.3, 0.4) is 0 Å². The number of carboxylic acid groups (broad SMARTS) is 1. The van der Waals surface area contributed by atoms with E-state index in [-0.39, 0.29) is 17.2 Å². The molecule has 1 amide bonds. The first-order valence-corrected chi connectivity index (χ1v) is 6.55. The number of hydrogen-bond acceptors (Lipinski definition) is 3. The van der Waals surface area contributed by atoms with Gasteiger partial charge >= 0.3 is 5.97 Å². The molecule has 1 aromatic heterocycles. The number of pyridine rings is 1. The summed E-state index contributed by atoms with van der Waals surface area (Å²) in [5.74, 6) is -0.0832. The molecule has 1 aliphatic rings. The van der Waals surface area contributed by atoms with Gasteiger partial charge in [0.2, 0.25) is 0 Å². The number of carbonyl (C=O) groups is 2. The zero-order valence-corrected chi connectivity index (χ0v) is 10.9. The van der Waals surface area contributed by atoms with Gasteiger partial charge in [-0.2, -0.15) is 0 Å². The molecular formula is C14H18N2O3. The Morgan fingerprint density at radius 1 is 1.42 bits per heavy atom. The highest BCUT2D eigenvalue weighted by Gasteiger charge is 2.23. The van der Waals surface area contributed by atoms with Gasteiger partial charge in [0.15, 0.2) is 0 Å². The van der Waals surface area contributed by atoms with E-state index >= 15 is 0 Å². The van der Waals surface area contributed by atoms with Gasteiger partial charge < -0.3 is 10.4 Å². The molecule has 1 aromatic rings. The van der Waals surface area contributed by atoms with Crippen molar-refractivity contribution in [1.82, 2.24) is 10.3 Å². The molecule has 0 radical (unpaired) electrons. The second-order valence-electron chi connectivity index (χ2n) is 5.12. The molecule has 0 bridgehead atoms. The number of aromatic nitrogens is 1. The second-order valence-corrected chi connectivity index (χ2v) is 5.12. The molecule has 0 aliphatic heterocycles. The Labute approximate surface area is 112 Å². The van der Waals surface area contributed by atoms with E-state index in [0.717, 1.165) is 6.42 Å². The van der Waals surface area contributed by atoms with Crippen molar-refractivity contribution < 1.29 is 14.7 Å². The Bertz CT molecular complexity index is 470. The minimum Gasteiger partial charge on any atom is -0.478 e. The zero-order valence-electron chi connectivity index (χ0n) is 10.9. The van der Waals surface area contributed by atoms with Crippen LogP contribution in [-0.2, 0) is 0 Å². The normalized spacial score (nSPS) is 22.2. The molecule has 2 rings (SSSR count). The van der Waals surface area contributed by atoms with E-state index in [2.05, 4.69) is 17.2 Å². The number of rotatable bonds is 4. The molecule has 5 heteroatoms. The molecule has 1 fully saturated rings. The Kier molecular flexibility index (Phi) is 4.14. The summed E-state index contributed by atoms with van der Waals surface area (Å²) in [5, 5.41) is 11.6. The number of aromatic carboxylic acids is 1. The van der Waals surface area contributed by atoms with Crippen LogP contribution in [0.15, 0.2) is 18.3 Å². The maximum atomic E-state index is 11.9. The first-order chi connectivity index (χ1) is 9.08. The highest BCUT2D eigenvalue weighted by Crippen LogP contribution is 2.30. The quantitative estimate of drug-likeness (QED) is 0.869. The Hall–Kier alpha value is -1.91. The van der Waals surface area contributed by atoms with Crippen molar-refractivity contribution >= 4 is 11.9 Å². The highest BCUT2D eigenvalue weighted by molar-refractivity contribution is 5.93. The molecule has 1 saturated carbocycles. The van der Waals surface area contributed by atoms with Crippen molar-refractivity contribution in [2.75, 3.05) is 6.54 Å². The van der Waals surface area contributed by atoms with Crippen LogP contribution < -0.4 is 5.32 Å². The van der Waals surface area contributed by atoms with Crippen molar-refractivity contribution in [2.45, 2.75) is 26.2 Å². The van der Waals surface area contributed by atoms with E-state index in [1.807, 2.05) is 0 Å². The Morgan fingerprint density at radius 2 is 2.21 bits per heavy atom. The summed E-state index contributed by atoms with van der Waals surface area (Å²) in [4.78, 5) is 26.4. The third-order valence-electron chi connectivity index (χ3n) is 3.81. The maximum Gasteiger partial charge on any atom is 0.337 e. The highest BCUT2D eigenvalue weighted by atomic mass is 16.4. The van der Waals surface area contributed by atoms with Crippen LogP contribution in [-0.4, -0.2) is 28.5 Å². The molecule has 0 spiro atoms. The third kappa shape index (κ3) is 3.30. The Balaban J connectivity index is 1.90. The fourth-order valence-corrected chi connectivity index (χ4v) is 2.49. The van der Waals surface area contributed by atoms with E-state index in [1.54, 1.807) is 0 Å². The van der Waals surface area contributed by atoms with Gasteiger partial charge in [-0.15, -0.1) is 0 Å². The Morgan fingerprint density at radius 3 is 2.74 bits per heavy atom. The van der Waals surface area contributed by atoms with Gasteiger partial charge in [-0.05, 0) is 30.4 Å². The first-order valence-electron chi connectivity index (χ1n) is 6.55. The van der Waals surface area contributed by atoms with Crippen LogP contribution in [0, 0.1) is 11.8 Å². The molecule has 5 nitrogen and oxygen atoms in total. The SMILES string of the molecule is CC1CCCC1CNC(=O)c1ccc(C(=O)O)cn1. The average molecular weight is 262 g/mol. The van der Waals surface area contributed by atoms with Crippen molar-refractivity contribution in [2.24, 2.45) is 11.8 Å². The summed E-state index contributed by atoms with van der Waals surface area (Å²) in [7, 11) is 0. The maximum absolute atomic E-state index is 11.9. The molecule has 2 atom stereocenters. The fourth-order valence-electron chi connectivity index (χ4n) is 2.49. The predicted octanol–water partition coefficient (Wildman–Crippen LogP) is 1.95. The standard InChI is InChI=1S/C14H18N2O3/c1-9-3-2-4-10(9)7-16-13(17)12-6-5-11(8-15-12)14(18)19/h5-6,8-10H,2-4,7H2,1H3,(H,16,17)(H,18,19). The molecule has 19 heavy (non-hydrogen) atoms. The number of carbonyl (C=O) groups excluding carboxylic acids is 1. The molecule has 2 unspecified atom stereocenters. The largest absolute Gasteiger partial charge is 0.478 e. The molecular weight excluding hydrogens is 244 g/mol. The molecule has 2 N–H and O–H groups in total. The van der Waals surface area contributed by atoms with Gasteiger partial charge in [0.25, 0.3) is 5.91 Å². The fraction of sp³-hybridized carbons (Fsp3) is 0.500. The predicted molar refractivity (Wildman–Crippen MR) is 70.0 cm³/mol. The molecule has 1 aliphatic carbocycles. The van der Waals surface area contributed by atoms with Gasteiger partial charge in [-0.1, -0.05) is 19.8 Å². The van der Waals surface area contributed by atoms with Gasteiger partial charge in [-0.3, -0.25) is 9.78 Å². The molecule has 102 valence electrons. The van der Waals surface area contributed by atoms with E-state index in [9.17, 15) is 9.59 Å². The number of amides is 1. The molecule has 1 heterocycles. The van der Waals surface area contributed by atoms with E-state index in [4.69, 9.17) is 5.11 Å². The van der Waals surface area contributed by atoms with Crippen molar-refractivity contribution in [3.8, 4) is 0 Å². The van der Waals surface area contributed by atoms with Gasteiger partial charge in [0.05, 0.1) is 5.56 Å².